The minimum absolute atomic E-state index is 1.18. The Morgan fingerprint density at radius 3 is 1.41 bits per heavy atom. The van der Waals surface area contributed by atoms with Crippen molar-refractivity contribution in [2.24, 2.45) is 0 Å². The van der Waals surface area contributed by atoms with Crippen LogP contribution in [0.3, 0.4) is 0 Å². The minimum atomic E-state index is 1.18. The average Bonchev–Trinajstić information content (AvgIpc) is 2.52. The number of aryl methyl sites for hydroxylation is 3. The van der Waals surface area contributed by atoms with E-state index in [1.807, 2.05) is 0 Å². The number of rotatable bonds is 3. The number of anilines is 3. The van der Waals surface area contributed by atoms with Crippen LogP contribution in [0.5, 0.6) is 0 Å². The van der Waals surface area contributed by atoms with Crippen LogP contribution in [0.25, 0.3) is 0 Å². The highest BCUT2D eigenvalue weighted by molar-refractivity contribution is 5.80. The first kappa shape index (κ1) is 14.4. The summed E-state index contributed by atoms with van der Waals surface area (Å²) < 4.78 is 0. The van der Waals surface area contributed by atoms with Gasteiger partial charge in [0, 0.05) is 11.4 Å². The fourth-order valence-electron chi connectivity index (χ4n) is 3.09. The second-order valence-electron chi connectivity index (χ2n) is 5.75. The maximum absolute atomic E-state index is 2.34. The van der Waals surface area contributed by atoms with E-state index < -0.39 is 0 Å². The van der Waals surface area contributed by atoms with E-state index in [9.17, 15) is 0 Å². The van der Waals surface area contributed by atoms with Crippen molar-refractivity contribution in [2.75, 3.05) is 4.90 Å². The summed E-state index contributed by atoms with van der Waals surface area (Å²) in [6, 6.07) is 25.6. The molecule has 0 fully saturated rings. The molecular formula is C21H21N. The van der Waals surface area contributed by atoms with Gasteiger partial charge in [-0.1, -0.05) is 54.1 Å². The van der Waals surface area contributed by atoms with Crippen LogP contribution in [-0.2, 0) is 0 Å². The van der Waals surface area contributed by atoms with Crippen LogP contribution in [0.1, 0.15) is 16.7 Å². The van der Waals surface area contributed by atoms with Gasteiger partial charge in [-0.05, 0) is 56.2 Å². The average molecular weight is 287 g/mol. The van der Waals surface area contributed by atoms with E-state index in [0.29, 0.717) is 0 Å². The maximum Gasteiger partial charge on any atom is 0.0520 e. The monoisotopic (exact) mass is 287 g/mol. The molecule has 1 nitrogen and oxygen atoms in total. The summed E-state index contributed by atoms with van der Waals surface area (Å²) in [6.45, 7) is 6.53. The molecule has 3 rings (SSSR count). The van der Waals surface area contributed by atoms with Crippen molar-refractivity contribution in [1.82, 2.24) is 0 Å². The smallest absolute Gasteiger partial charge is 0.0520 e. The van der Waals surface area contributed by atoms with Crippen molar-refractivity contribution in [3.8, 4) is 0 Å². The number of para-hydroxylation sites is 2. The van der Waals surface area contributed by atoms with E-state index in [4.69, 9.17) is 0 Å². The predicted octanol–water partition coefficient (Wildman–Crippen LogP) is 6.08. The molecule has 3 aromatic rings. The van der Waals surface area contributed by atoms with Crippen molar-refractivity contribution >= 4 is 17.1 Å². The van der Waals surface area contributed by atoms with Crippen LogP contribution in [-0.4, -0.2) is 0 Å². The lowest BCUT2D eigenvalue weighted by Gasteiger charge is -2.29. The van der Waals surface area contributed by atoms with E-state index >= 15 is 0 Å². The Balaban J connectivity index is 2.24. The molecule has 0 aromatic heterocycles. The van der Waals surface area contributed by atoms with Gasteiger partial charge in [0.05, 0.1) is 5.69 Å². The van der Waals surface area contributed by atoms with Gasteiger partial charge in [-0.15, -0.1) is 0 Å². The molecular weight excluding hydrogens is 266 g/mol. The van der Waals surface area contributed by atoms with Gasteiger partial charge < -0.3 is 4.90 Å². The van der Waals surface area contributed by atoms with Gasteiger partial charge in [-0.2, -0.15) is 0 Å². The molecule has 0 bridgehead atoms. The zero-order valence-corrected chi connectivity index (χ0v) is 13.4. The highest BCUT2D eigenvalue weighted by atomic mass is 15.1. The third-order valence-corrected chi connectivity index (χ3v) is 3.89. The van der Waals surface area contributed by atoms with Gasteiger partial charge in [-0.25, -0.2) is 0 Å². The molecule has 0 radical (unpaired) electrons. The molecule has 22 heavy (non-hydrogen) atoms. The second kappa shape index (κ2) is 6.07. The van der Waals surface area contributed by atoms with Crippen molar-refractivity contribution < 1.29 is 0 Å². The summed E-state index contributed by atoms with van der Waals surface area (Å²) in [5.41, 5.74) is 7.53. The van der Waals surface area contributed by atoms with Crippen LogP contribution in [0.2, 0.25) is 0 Å². The molecule has 0 unspecified atom stereocenters. The topological polar surface area (TPSA) is 3.24 Å². The third-order valence-electron chi connectivity index (χ3n) is 3.89. The largest absolute Gasteiger partial charge is 0.310 e. The molecule has 0 saturated carbocycles. The fraction of sp³-hybridized carbons (Fsp3) is 0.143. The van der Waals surface area contributed by atoms with Crippen LogP contribution >= 0.6 is 0 Å². The van der Waals surface area contributed by atoms with Gasteiger partial charge in [0.2, 0.25) is 0 Å². The van der Waals surface area contributed by atoms with Crippen molar-refractivity contribution in [1.29, 1.82) is 0 Å². The van der Waals surface area contributed by atoms with E-state index in [-0.39, 0.29) is 0 Å². The summed E-state index contributed by atoms with van der Waals surface area (Å²) in [7, 11) is 0. The Bertz CT molecular complexity index is 698. The Labute approximate surface area is 132 Å². The molecule has 0 aliphatic carbocycles. The summed E-state index contributed by atoms with van der Waals surface area (Å²) in [6.07, 6.45) is 0. The van der Waals surface area contributed by atoms with E-state index in [2.05, 4.69) is 98.5 Å². The van der Waals surface area contributed by atoms with Gasteiger partial charge in [0.15, 0.2) is 0 Å². The van der Waals surface area contributed by atoms with Crippen LogP contribution in [0.4, 0.5) is 17.1 Å². The lowest BCUT2D eigenvalue weighted by Crippen LogP contribution is -2.12. The number of benzene rings is 3. The van der Waals surface area contributed by atoms with Gasteiger partial charge in [-0.3, -0.25) is 0 Å². The quantitative estimate of drug-likeness (QED) is 0.564. The van der Waals surface area contributed by atoms with Crippen molar-refractivity contribution in [3.05, 3.63) is 89.5 Å². The lowest BCUT2D eigenvalue weighted by atomic mass is 10.0. The van der Waals surface area contributed by atoms with Crippen LogP contribution < -0.4 is 4.90 Å². The molecule has 1 heteroatoms. The minimum Gasteiger partial charge on any atom is -0.310 e. The number of hydrogen-bond donors (Lipinski definition) is 0. The zero-order chi connectivity index (χ0) is 15.5. The third kappa shape index (κ3) is 2.75. The van der Waals surface area contributed by atoms with Gasteiger partial charge in [0.1, 0.15) is 0 Å². The SMILES string of the molecule is Cc1cc(C)c(N(c2ccccc2)c2ccccc2)c(C)c1. The summed E-state index contributed by atoms with van der Waals surface area (Å²) in [5.74, 6) is 0. The van der Waals surface area contributed by atoms with Crippen molar-refractivity contribution in [2.45, 2.75) is 20.8 Å². The summed E-state index contributed by atoms with van der Waals surface area (Å²) in [5, 5.41) is 0. The molecule has 0 amide bonds. The van der Waals surface area contributed by atoms with E-state index in [1.54, 1.807) is 0 Å². The van der Waals surface area contributed by atoms with Crippen LogP contribution in [0, 0.1) is 20.8 Å². The maximum atomic E-state index is 2.34. The van der Waals surface area contributed by atoms with Crippen LogP contribution in [0.15, 0.2) is 72.8 Å². The standard InChI is InChI=1S/C21H21N/c1-16-14-17(2)21(18(3)15-16)22(19-10-6-4-7-11-19)20-12-8-5-9-13-20/h4-15H,1-3H3. The first-order chi connectivity index (χ1) is 10.7. The highest BCUT2D eigenvalue weighted by Gasteiger charge is 2.16. The fourth-order valence-corrected chi connectivity index (χ4v) is 3.09. The van der Waals surface area contributed by atoms with Crippen molar-refractivity contribution in [3.63, 3.8) is 0 Å². The van der Waals surface area contributed by atoms with Gasteiger partial charge >= 0.3 is 0 Å². The van der Waals surface area contributed by atoms with E-state index in [0.717, 1.165) is 0 Å². The zero-order valence-electron chi connectivity index (χ0n) is 13.4. The Kier molecular flexibility index (Phi) is 3.97. The van der Waals surface area contributed by atoms with E-state index in [1.165, 1.54) is 33.8 Å². The van der Waals surface area contributed by atoms with Gasteiger partial charge in [0.25, 0.3) is 0 Å². The first-order valence-corrected chi connectivity index (χ1v) is 7.65. The molecule has 0 saturated heterocycles. The second-order valence-corrected chi connectivity index (χ2v) is 5.75. The molecule has 0 spiro atoms. The Hall–Kier alpha value is -2.54. The highest BCUT2D eigenvalue weighted by Crippen LogP contribution is 2.38. The molecule has 0 heterocycles. The molecule has 0 aliphatic rings. The lowest BCUT2D eigenvalue weighted by molar-refractivity contribution is 1.20. The summed E-state index contributed by atoms with van der Waals surface area (Å²) in [4.78, 5) is 2.34. The molecule has 3 aromatic carbocycles. The summed E-state index contributed by atoms with van der Waals surface area (Å²) >= 11 is 0. The molecule has 0 N–H and O–H groups in total. The molecule has 0 aliphatic heterocycles. The normalized spacial score (nSPS) is 10.5. The molecule has 110 valence electrons. The number of hydrogen-bond acceptors (Lipinski definition) is 1. The number of nitrogens with zero attached hydrogens (tertiary/aromatic N) is 1. The first-order valence-electron chi connectivity index (χ1n) is 7.65. The Morgan fingerprint density at radius 2 is 1.00 bits per heavy atom. The molecule has 0 atom stereocenters. The Morgan fingerprint density at radius 1 is 0.591 bits per heavy atom. The predicted molar refractivity (Wildman–Crippen MR) is 95.3 cm³/mol.